The number of nitrogens with zero attached hydrogens (tertiary/aromatic N) is 2. The van der Waals surface area contributed by atoms with Gasteiger partial charge in [-0.15, -0.1) is 11.3 Å². The van der Waals surface area contributed by atoms with Gasteiger partial charge in [-0.2, -0.15) is 0 Å². The van der Waals surface area contributed by atoms with Crippen LogP contribution in [0.2, 0.25) is 0 Å². The second-order valence-corrected chi connectivity index (χ2v) is 6.38. The van der Waals surface area contributed by atoms with Crippen molar-refractivity contribution < 1.29 is 4.74 Å². The van der Waals surface area contributed by atoms with Gasteiger partial charge >= 0.3 is 0 Å². The Kier molecular flexibility index (Phi) is 2.32. The molecule has 1 aliphatic heterocycles. The smallest absolute Gasteiger partial charge is 0.138 e. The minimum Gasteiger partial charge on any atom is -0.378 e. The third-order valence-corrected chi connectivity index (χ3v) is 5.00. The van der Waals surface area contributed by atoms with Gasteiger partial charge in [0, 0.05) is 23.4 Å². The van der Waals surface area contributed by atoms with Crippen molar-refractivity contribution in [3.63, 3.8) is 0 Å². The molecular formula is C13H15N3OS. The van der Waals surface area contributed by atoms with E-state index in [0.717, 1.165) is 29.1 Å². The Morgan fingerprint density at radius 2 is 2.39 bits per heavy atom. The van der Waals surface area contributed by atoms with E-state index in [1.165, 1.54) is 11.3 Å². The van der Waals surface area contributed by atoms with Crippen molar-refractivity contribution in [2.75, 3.05) is 11.9 Å². The van der Waals surface area contributed by atoms with Gasteiger partial charge in [0.1, 0.15) is 17.0 Å². The van der Waals surface area contributed by atoms with Crippen molar-refractivity contribution in [2.24, 2.45) is 5.92 Å². The summed E-state index contributed by atoms with van der Waals surface area (Å²) in [6, 6.07) is 2.69. The number of aromatic nitrogens is 2. The number of thiophene rings is 1. The number of ether oxygens (including phenoxy) is 1. The molecule has 0 aromatic carbocycles. The van der Waals surface area contributed by atoms with Gasteiger partial charge in [0.05, 0.1) is 11.5 Å². The van der Waals surface area contributed by atoms with Crippen LogP contribution in [0.5, 0.6) is 0 Å². The molecule has 1 saturated heterocycles. The first-order chi connectivity index (χ1) is 8.81. The van der Waals surface area contributed by atoms with E-state index < -0.39 is 0 Å². The van der Waals surface area contributed by atoms with Crippen LogP contribution in [0.25, 0.3) is 10.2 Å². The Bertz CT molecular complexity index is 597. The molecular weight excluding hydrogens is 246 g/mol. The lowest BCUT2D eigenvalue weighted by molar-refractivity contribution is 0.0247. The minimum absolute atomic E-state index is 0.490. The molecule has 2 aliphatic rings. The lowest BCUT2D eigenvalue weighted by Crippen LogP contribution is -2.47. The number of hydrogen-bond donors (Lipinski definition) is 1. The van der Waals surface area contributed by atoms with E-state index in [9.17, 15) is 0 Å². The molecule has 3 heterocycles. The Labute approximate surface area is 109 Å². The molecule has 3 atom stereocenters. The van der Waals surface area contributed by atoms with Crippen LogP contribution < -0.4 is 5.32 Å². The van der Waals surface area contributed by atoms with Crippen molar-refractivity contribution in [1.29, 1.82) is 0 Å². The SMILES string of the molecule is Cc1cc2c(N[C@H]3C[C@H]4OCC[C@@H]34)ncnc2s1. The number of anilines is 1. The second-order valence-electron chi connectivity index (χ2n) is 5.15. The molecule has 1 saturated carbocycles. The zero-order chi connectivity index (χ0) is 12.1. The fraction of sp³-hybridized carbons (Fsp3) is 0.538. The first kappa shape index (κ1) is 10.7. The van der Waals surface area contributed by atoms with Crippen LogP contribution in [0.4, 0.5) is 5.82 Å². The highest BCUT2D eigenvalue weighted by molar-refractivity contribution is 7.18. The van der Waals surface area contributed by atoms with E-state index in [1.807, 2.05) is 0 Å². The predicted molar refractivity (Wildman–Crippen MR) is 72.0 cm³/mol. The van der Waals surface area contributed by atoms with Crippen LogP contribution in [0, 0.1) is 12.8 Å². The summed E-state index contributed by atoms with van der Waals surface area (Å²) in [5, 5.41) is 4.74. The maximum Gasteiger partial charge on any atom is 0.138 e. The number of rotatable bonds is 2. The topological polar surface area (TPSA) is 47.0 Å². The summed E-state index contributed by atoms with van der Waals surface area (Å²) < 4.78 is 5.64. The van der Waals surface area contributed by atoms with Gasteiger partial charge in [0.2, 0.25) is 0 Å². The van der Waals surface area contributed by atoms with Crippen molar-refractivity contribution in [1.82, 2.24) is 9.97 Å². The molecule has 1 N–H and O–H groups in total. The molecule has 2 aromatic rings. The highest BCUT2D eigenvalue weighted by Crippen LogP contribution is 2.41. The summed E-state index contributed by atoms with van der Waals surface area (Å²) in [7, 11) is 0. The number of aryl methyl sites for hydroxylation is 1. The molecule has 0 bridgehead atoms. The maximum atomic E-state index is 5.64. The zero-order valence-electron chi connectivity index (χ0n) is 10.2. The quantitative estimate of drug-likeness (QED) is 0.902. The van der Waals surface area contributed by atoms with E-state index in [4.69, 9.17) is 4.74 Å². The van der Waals surface area contributed by atoms with Crippen LogP contribution in [0.1, 0.15) is 17.7 Å². The summed E-state index contributed by atoms with van der Waals surface area (Å²) >= 11 is 1.72. The Morgan fingerprint density at radius 3 is 3.28 bits per heavy atom. The molecule has 18 heavy (non-hydrogen) atoms. The van der Waals surface area contributed by atoms with Crippen molar-refractivity contribution in [3.05, 3.63) is 17.3 Å². The fourth-order valence-corrected chi connectivity index (χ4v) is 3.88. The van der Waals surface area contributed by atoms with Crippen molar-refractivity contribution in [2.45, 2.75) is 31.9 Å². The minimum atomic E-state index is 0.490. The highest BCUT2D eigenvalue weighted by atomic mass is 32.1. The lowest BCUT2D eigenvalue weighted by atomic mass is 9.76. The van der Waals surface area contributed by atoms with Crippen molar-refractivity contribution in [3.8, 4) is 0 Å². The van der Waals surface area contributed by atoms with E-state index in [2.05, 4.69) is 28.3 Å². The highest BCUT2D eigenvalue weighted by Gasteiger charge is 2.45. The zero-order valence-corrected chi connectivity index (χ0v) is 11.0. The van der Waals surface area contributed by atoms with E-state index in [-0.39, 0.29) is 0 Å². The van der Waals surface area contributed by atoms with E-state index >= 15 is 0 Å². The Morgan fingerprint density at radius 1 is 1.44 bits per heavy atom. The summed E-state index contributed by atoms with van der Waals surface area (Å²) in [5.74, 6) is 1.66. The summed E-state index contributed by atoms with van der Waals surface area (Å²) in [6.07, 6.45) is 4.43. The van der Waals surface area contributed by atoms with Crippen molar-refractivity contribution >= 4 is 27.4 Å². The maximum absolute atomic E-state index is 5.64. The second kappa shape index (κ2) is 3.90. The molecule has 0 radical (unpaired) electrons. The third-order valence-electron chi connectivity index (χ3n) is 4.04. The van der Waals surface area contributed by atoms with Crippen LogP contribution in [-0.4, -0.2) is 28.7 Å². The summed E-state index contributed by atoms with van der Waals surface area (Å²) in [4.78, 5) is 11.1. The number of fused-ring (bicyclic) bond motifs is 2. The van der Waals surface area contributed by atoms with Gasteiger partial charge in [-0.3, -0.25) is 0 Å². The Balaban J connectivity index is 1.63. The fourth-order valence-electron chi connectivity index (χ4n) is 3.03. The van der Waals surface area contributed by atoms with Crippen LogP contribution in [-0.2, 0) is 4.74 Å². The molecule has 4 rings (SSSR count). The summed E-state index contributed by atoms with van der Waals surface area (Å²) in [6.45, 7) is 3.03. The van der Waals surface area contributed by atoms with Gasteiger partial charge < -0.3 is 10.1 Å². The van der Waals surface area contributed by atoms with Gasteiger partial charge in [0.25, 0.3) is 0 Å². The van der Waals surface area contributed by atoms with Crippen LogP contribution in [0.3, 0.4) is 0 Å². The molecule has 0 spiro atoms. The Hall–Kier alpha value is -1.20. The summed E-state index contributed by atoms with van der Waals surface area (Å²) in [5.41, 5.74) is 0. The molecule has 0 unspecified atom stereocenters. The largest absolute Gasteiger partial charge is 0.378 e. The molecule has 1 aliphatic carbocycles. The molecule has 2 aromatic heterocycles. The van der Waals surface area contributed by atoms with Gasteiger partial charge in [0.15, 0.2) is 0 Å². The molecule has 0 amide bonds. The molecule has 4 nitrogen and oxygen atoms in total. The molecule has 5 heteroatoms. The number of nitrogens with one attached hydrogen (secondary N) is 1. The normalized spacial score (nSPS) is 30.2. The average Bonchev–Trinajstić information content (AvgIpc) is 2.88. The average molecular weight is 261 g/mol. The predicted octanol–water partition coefficient (Wildman–Crippen LogP) is 2.59. The van der Waals surface area contributed by atoms with Gasteiger partial charge in [-0.05, 0) is 25.8 Å². The lowest BCUT2D eigenvalue weighted by Gasteiger charge is -2.39. The third kappa shape index (κ3) is 1.54. The van der Waals surface area contributed by atoms with Crippen LogP contribution in [0.15, 0.2) is 12.4 Å². The standard InChI is InChI=1S/C13H15N3OS/c1-7-4-9-12(14-6-15-13(9)18-7)16-10-5-11-8(10)2-3-17-11/h4,6,8,10-11H,2-3,5H2,1H3,(H,14,15,16)/t8-,10-,11+/m0/s1. The number of hydrogen-bond acceptors (Lipinski definition) is 5. The van der Waals surface area contributed by atoms with Crippen LogP contribution >= 0.6 is 11.3 Å². The molecule has 2 fully saturated rings. The van der Waals surface area contributed by atoms with E-state index in [1.54, 1.807) is 17.7 Å². The first-order valence-electron chi connectivity index (χ1n) is 6.40. The van der Waals surface area contributed by atoms with Gasteiger partial charge in [-0.25, -0.2) is 9.97 Å². The first-order valence-corrected chi connectivity index (χ1v) is 7.22. The van der Waals surface area contributed by atoms with Gasteiger partial charge in [-0.1, -0.05) is 0 Å². The van der Waals surface area contributed by atoms with E-state index in [0.29, 0.717) is 18.1 Å². The monoisotopic (exact) mass is 261 g/mol. The molecule has 94 valence electrons.